The number of rotatable bonds is 6. The normalized spacial score (nSPS) is 15.8. The van der Waals surface area contributed by atoms with E-state index in [4.69, 9.17) is 0 Å². The topological polar surface area (TPSA) is 74.8 Å². The van der Waals surface area contributed by atoms with Gasteiger partial charge >= 0.3 is 6.03 Å². The van der Waals surface area contributed by atoms with E-state index in [9.17, 15) is 18.0 Å². The van der Waals surface area contributed by atoms with Crippen molar-refractivity contribution >= 4 is 27.5 Å². The summed E-state index contributed by atoms with van der Waals surface area (Å²) in [5.74, 6) is -0.390. The third-order valence-electron chi connectivity index (χ3n) is 6.01. The minimum absolute atomic E-state index is 0.0602. The van der Waals surface area contributed by atoms with E-state index >= 15 is 0 Å². The maximum Gasteiger partial charge on any atom is 0.332 e. The van der Waals surface area contributed by atoms with Gasteiger partial charge in [-0.2, -0.15) is 0 Å². The van der Waals surface area contributed by atoms with Gasteiger partial charge in [-0.3, -0.25) is 4.79 Å². The molecule has 6 nitrogen and oxygen atoms in total. The van der Waals surface area contributed by atoms with Crippen LogP contribution in [0.4, 0.5) is 10.5 Å². The molecule has 1 aliphatic heterocycles. The zero-order valence-electron chi connectivity index (χ0n) is 18.9. The highest BCUT2D eigenvalue weighted by Gasteiger charge is 2.51. The molecule has 33 heavy (non-hydrogen) atoms. The molecule has 170 valence electrons. The average Bonchev–Trinajstić information content (AvgIpc) is 2.94. The third kappa shape index (κ3) is 4.41. The molecule has 0 bridgehead atoms. The quantitative estimate of drug-likeness (QED) is 0.508. The molecule has 3 aromatic rings. The summed E-state index contributed by atoms with van der Waals surface area (Å²) in [5.41, 5.74) is 2.37. The Hall–Kier alpha value is -3.45. The molecule has 1 fully saturated rings. The highest BCUT2D eigenvalue weighted by Crippen LogP contribution is 2.34. The number of carbonyl (C=O) groups excluding carboxylic acids is 2. The van der Waals surface area contributed by atoms with Crippen LogP contribution in [-0.2, 0) is 27.6 Å². The summed E-state index contributed by atoms with van der Waals surface area (Å²) in [6.45, 7) is 3.70. The summed E-state index contributed by atoms with van der Waals surface area (Å²) >= 11 is 0. The van der Waals surface area contributed by atoms with Crippen LogP contribution in [0.15, 0.2) is 83.8 Å². The molecule has 3 aromatic carbocycles. The first-order valence-corrected chi connectivity index (χ1v) is 12.5. The van der Waals surface area contributed by atoms with Crippen molar-refractivity contribution in [2.24, 2.45) is 0 Å². The van der Waals surface area contributed by atoms with Crippen molar-refractivity contribution in [3.8, 4) is 0 Å². The van der Waals surface area contributed by atoms with Gasteiger partial charge in [0, 0.05) is 12.8 Å². The van der Waals surface area contributed by atoms with Gasteiger partial charge < -0.3 is 4.90 Å². The SMILES string of the molecule is CC1(C)C(=O)N(c2cccc(S(C)(=O)=O)c2)C(=O)N1Cc1ccccc1Cc1ccccc1. The van der Waals surface area contributed by atoms with Gasteiger partial charge in [-0.25, -0.2) is 18.1 Å². The first-order valence-electron chi connectivity index (χ1n) is 10.7. The van der Waals surface area contributed by atoms with E-state index in [1.54, 1.807) is 24.8 Å². The second-order valence-corrected chi connectivity index (χ2v) is 10.8. The Bertz CT molecular complexity index is 1320. The molecule has 7 heteroatoms. The number of nitrogens with zero attached hydrogens (tertiary/aromatic N) is 2. The third-order valence-corrected chi connectivity index (χ3v) is 7.12. The van der Waals surface area contributed by atoms with Gasteiger partial charge in [-0.1, -0.05) is 60.7 Å². The van der Waals surface area contributed by atoms with Crippen LogP contribution in [0.2, 0.25) is 0 Å². The van der Waals surface area contributed by atoms with Crippen LogP contribution in [0.1, 0.15) is 30.5 Å². The van der Waals surface area contributed by atoms with Crippen LogP contribution in [0.25, 0.3) is 0 Å². The van der Waals surface area contributed by atoms with Crippen LogP contribution in [0.5, 0.6) is 0 Å². The number of anilines is 1. The van der Waals surface area contributed by atoms with E-state index in [1.807, 2.05) is 42.5 Å². The van der Waals surface area contributed by atoms with E-state index < -0.39 is 27.3 Å². The molecule has 0 spiro atoms. The number of carbonyl (C=O) groups is 2. The smallest absolute Gasteiger partial charge is 0.305 e. The monoisotopic (exact) mass is 462 g/mol. The summed E-state index contributed by atoms with van der Waals surface area (Å²) in [6, 6.07) is 23.4. The molecule has 4 rings (SSSR count). The lowest BCUT2D eigenvalue weighted by Crippen LogP contribution is -2.43. The Kier molecular flexibility index (Phi) is 5.84. The Morgan fingerprint density at radius 1 is 0.818 bits per heavy atom. The van der Waals surface area contributed by atoms with Gasteiger partial charge in [-0.05, 0) is 55.2 Å². The fourth-order valence-electron chi connectivity index (χ4n) is 4.05. The maximum atomic E-state index is 13.4. The van der Waals surface area contributed by atoms with Crippen LogP contribution in [-0.4, -0.2) is 37.1 Å². The summed E-state index contributed by atoms with van der Waals surface area (Å²) in [6.07, 6.45) is 1.81. The Balaban J connectivity index is 1.67. The molecule has 0 saturated carbocycles. The fraction of sp³-hybridized carbons (Fsp3) is 0.231. The Labute approximate surface area is 194 Å². The van der Waals surface area contributed by atoms with E-state index in [1.165, 1.54) is 18.2 Å². The number of amides is 3. The summed E-state index contributed by atoms with van der Waals surface area (Å²) in [5, 5.41) is 0. The van der Waals surface area contributed by atoms with E-state index in [0.29, 0.717) is 6.42 Å². The summed E-state index contributed by atoms with van der Waals surface area (Å²) < 4.78 is 24.0. The molecular formula is C26H26N2O4S. The summed E-state index contributed by atoms with van der Waals surface area (Å²) in [7, 11) is -3.48. The van der Waals surface area contributed by atoms with Gasteiger partial charge in [-0.15, -0.1) is 0 Å². The van der Waals surface area contributed by atoms with Gasteiger partial charge in [0.2, 0.25) is 0 Å². The number of benzene rings is 3. The van der Waals surface area contributed by atoms with Crippen molar-refractivity contribution in [1.82, 2.24) is 4.90 Å². The van der Waals surface area contributed by atoms with Crippen molar-refractivity contribution in [3.05, 3.63) is 95.6 Å². The molecule has 0 radical (unpaired) electrons. The molecule has 1 aliphatic rings. The van der Waals surface area contributed by atoms with Gasteiger partial charge in [0.1, 0.15) is 5.54 Å². The van der Waals surface area contributed by atoms with Crippen molar-refractivity contribution in [3.63, 3.8) is 0 Å². The molecule has 0 N–H and O–H groups in total. The molecule has 0 atom stereocenters. The first-order chi connectivity index (χ1) is 15.6. The number of hydrogen-bond donors (Lipinski definition) is 0. The lowest BCUT2D eigenvalue weighted by Gasteiger charge is -2.28. The average molecular weight is 463 g/mol. The lowest BCUT2D eigenvalue weighted by molar-refractivity contribution is -0.123. The number of sulfone groups is 1. The maximum absolute atomic E-state index is 13.4. The minimum Gasteiger partial charge on any atom is -0.305 e. The van der Waals surface area contributed by atoms with Gasteiger partial charge in [0.25, 0.3) is 5.91 Å². The van der Waals surface area contributed by atoms with Crippen LogP contribution in [0, 0.1) is 0 Å². The predicted molar refractivity (Wildman–Crippen MR) is 128 cm³/mol. The number of imide groups is 1. The van der Waals surface area contributed by atoms with Gasteiger partial charge in [0.15, 0.2) is 9.84 Å². The zero-order valence-corrected chi connectivity index (χ0v) is 19.7. The number of urea groups is 1. The van der Waals surface area contributed by atoms with Crippen LogP contribution < -0.4 is 4.90 Å². The molecule has 1 saturated heterocycles. The molecule has 0 unspecified atom stereocenters. The van der Waals surface area contributed by atoms with Crippen molar-refractivity contribution in [1.29, 1.82) is 0 Å². The Morgan fingerprint density at radius 3 is 2.12 bits per heavy atom. The lowest BCUT2D eigenvalue weighted by atomic mass is 9.97. The van der Waals surface area contributed by atoms with Crippen LogP contribution in [0.3, 0.4) is 0 Å². The number of hydrogen-bond acceptors (Lipinski definition) is 4. The highest BCUT2D eigenvalue weighted by atomic mass is 32.2. The second-order valence-electron chi connectivity index (χ2n) is 8.77. The second kappa shape index (κ2) is 8.48. The predicted octanol–water partition coefficient (Wildman–Crippen LogP) is 4.43. The largest absolute Gasteiger partial charge is 0.332 e. The van der Waals surface area contributed by atoms with Crippen molar-refractivity contribution in [2.75, 3.05) is 11.2 Å². The molecule has 3 amide bonds. The zero-order chi connectivity index (χ0) is 23.8. The molecule has 1 heterocycles. The molecular weight excluding hydrogens is 436 g/mol. The minimum atomic E-state index is -3.48. The van der Waals surface area contributed by atoms with Gasteiger partial charge in [0.05, 0.1) is 10.6 Å². The van der Waals surface area contributed by atoms with Crippen molar-refractivity contribution < 1.29 is 18.0 Å². The molecule has 0 aromatic heterocycles. The molecule has 0 aliphatic carbocycles. The standard InChI is InChI=1S/C26H26N2O4S/c1-26(2)24(29)28(22-14-9-15-23(17-22)33(3,31)32)25(30)27(26)18-21-13-8-7-12-20(21)16-19-10-5-4-6-11-19/h4-15,17H,16,18H2,1-3H3. The fourth-order valence-corrected chi connectivity index (χ4v) is 4.71. The van der Waals surface area contributed by atoms with E-state index in [0.717, 1.165) is 27.8 Å². The van der Waals surface area contributed by atoms with Crippen LogP contribution >= 0.6 is 0 Å². The highest BCUT2D eigenvalue weighted by molar-refractivity contribution is 7.90. The Morgan fingerprint density at radius 2 is 1.45 bits per heavy atom. The van der Waals surface area contributed by atoms with Crippen molar-refractivity contribution in [2.45, 2.75) is 37.2 Å². The first kappa shape index (κ1) is 22.7. The summed E-state index contributed by atoms with van der Waals surface area (Å²) in [4.78, 5) is 29.4. The van der Waals surface area contributed by atoms with E-state index in [-0.39, 0.29) is 17.1 Å². The van der Waals surface area contributed by atoms with E-state index in [2.05, 4.69) is 12.1 Å².